The van der Waals surface area contributed by atoms with Crippen molar-refractivity contribution in [3.63, 3.8) is 0 Å². The third-order valence-corrected chi connectivity index (χ3v) is 2.51. The zero-order chi connectivity index (χ0) is 7.56. The Balaban J connectivity index is 2.22. The van der Waals surface area contributed by atoms with Gasteiger partial charge in [-0.2, -0.15) is 0 Å². The summed E-state index contributed by atoms with van der Waals surface area (Å²) in [7, 11) is 6.38. The molecule has 0 aromatic rings. The first kappa shape index (κ1) is 8.02. The summed E-state index contributed by atoms with van der Waals surface area (Å²) < 4.78 is 0. The van der Waals surface area contributed by atoms with Crippen molar-refractivity contribution >= 4 is 0 Å². The second kappa shape index (κ2) is 3.35. The summed E-state index contributed by atoms with van der Waals surface area (Å²) in [6, 6.07) is 0.840. The van der Waals surface area contributed by atoms with Crippen LogP contribution in [0.15, 0.2) is 0 Å². The summed E-state index contributed by atoms with van der Waals surface area (Å²) in [5.41, 5.74) is 0. The molecular formula is C8H18N2. The van der Waals surface area contributed by atoms with Crippen LogP contribution in [0.2, 0.25) is 0 Å². The van der Waals surface area contributed by atoms with Crippen molar-refractivity contribution in [1.29, 1.82) is 0 Å². The van der Waals surface area contributed by atoms with E-state index in [9.17, 15) is 0 Å². The average molecular weight is 142 g/mol. The second-order valence-electron chi connectivity index (χ2n) is 3.43. The van der Waals surface area contributed by atoms with Gasteiger partial charge >= 0.3 is 0 Å². The third kappa shape index (κ3) is 1.50. The fraction of sp³-hybridized carbons (Fsp3) is 1.00. The number of rotatable bonds is 3. The average Bonchev–Trinajstić information content (AvgIpc) is 1.78. The van der Waals surface area contributed by atoms with Crippen molar-refractivity contribution in [3.05, 3.63) is 0 Å². The zero-order valence-electron chi connectivity index (χ0n) is 7.22. The predicted molar refractivity (Wildman–Crippen MR) is 44.1 cm³/mol. The molecule has 60 valence electrons. The van der Waals surface area contributed by atoms with Crippen LogP contribution in [0, 0.1) is 5.92 Å². The lowest BCUT2D eigenvalue weighted by Gasteiger charge is -2.41. The first-order valence-corrected chi connectivity index (χ1v) is 4.06. The first-order chi connectivity index (χ1) is 4.75. The summed E-state index contributed by atoms with van der Waals surface area (Å²) in [6.07, 6.45) is 2.79. The second-order valence-corrected chi connectivity index (χ2v) is 3.43. The lowest BCUT2D eigenvalue weighted by atomic mass is 9.79. The molecule has 0 aromatic carbocycles. The molecule has 0 heterocycles. The minimum Gasteiger partial charge on any atom is -0.319 e. The molecule has 0 amide bonds. The van der Waals surface area contributed by atoms with Crippen molar-refractivity contribution in [2.45, 2.75) is 18.9 Å². The summed E-state index contributed by atoms with van der Waals surface area (Å²) in [6.45, 7) is 1.18. The van der Waals surface area contributed by atoms with E-state index >= 15 is 0 Å². The molecule has 10 heavy (non-hydrogen) atoms. The van der Waals surface area contributed by atoms with Crippen LogP contribution in [0.1, 0.15) is 12.8 Å². The van der Waals surface area contributed by atoms with E-state index in [0.29, 0.717) is 0 Å². The van der Waals surface area contributed by atoms with Crippen LogP contribution in [-0.2, 0) is 0 Å². The minimum absolute atomic E-state index is 0.840. The molecule has 0 bridgehead atoms. The maximum absolute atomic E-state index is 3.23. The molecule has 0 aliphatic heterocycles. The van der Waals surface area contributed by atoms with Crippen LogP contribution in [0.3, 0.4) is 0 Å². The Morgan fingerprint density at radius 3 is 2.40 bits per heavy atom. The van der Waals surface area contributed by atoms with Crippen molar-refractivity contribution in [1.82, 2.24) is 10.2 Å². The van der Waals surface area contributed by atoms with Crippen molar-refractivity contribution in [2.24, 2.45) is 5.92 Å². The maximum Gasteiger partial charge on any atom is 0.0130 e. The van der Waals surface area contributed by atoms with Gasteiger partial charge in [-0.15, -0.1) is 0 Å². The largest absolute Gasteiger partial charge is 0.319 e. The fourth-order valence-electron chi connectivity index (χ4n) is 1.73. The maximum atomic E-state index is 3.23. The molecule has 1 N–H and O–H groups in total. The molecule has 1 aliphatic rings. The van der Waals surface area contributed by atoms with E-state index in [1.807, 2.05) is 7.05 Å². The van der Waals surface area contributed by atoms with Crippen LogP contribution < -0.4 is 5.32 Å². The first-order valence-electron chi connectivity index (χ1n) is 4.06. The Morgan fingerprint density at radius 1 is 1.40 bits per heavy atom. The molecule has 0 saturated heterocycles. The van der Waals surface area contributed by atoms with Crippen molar-refractivity contribution in [3.8, 4) is 0 Å². The number of nitrogens with one attached hydrogen (secondary N) is 1. The Labute approximate surface area is 63.6 Å². The summed E-state index contributed by atoms with van der Waals surface area (Å²) in [5.74, 6) is 0.903. The highest BCUT2D eigenvalue weighted by molar-refractivity contribution is 4.87. The van der Waals surface area contributed by atoms with Gasteiger partial charge in [-0.05, 0) is 46.4 Å². The molecule has 1 rings (SSSR count). The van der Waals surface area contributed by atoms with Crippen LogP contribution in [0.4, 0.5) is 0 Å². The Morgan fingerprint density at radius 2 is 2.10 bits per heavy atom. The molecule has 0 aromatic heterocycles. The van der Waals surface area contributed by atoms with Crippen LogP contribution in [0.5, 0.6) is 0 Å². The highest BCUT2D eigenvalue weighted by Gasteiger charge is 2.31. The smallest absolute Gasteiger partial charge is 0.0130 e. The quantitative estimate of drug-likeness (QED) is 0.619. The van der Waals surface area contributed by atoms with Crippen LogP contribution in [-0.4, -0.2) is 38.6 Å². The van der Waals surface area contributed by atoms with E-state index in [4.69, 9.17) is 0 Å². The topological polar surface area (TPSA) is 15.3 Å². The van der Waals surface area contributed by atoms with E-state index in [1.165, 1.54) is 19.4 Å². The molecule has 0 spiro atoms. The fourth-order valence-corrected chi connectivity index (χ4v) is 1.73. The Bertz CT molecular complexity index is 101. The lowest BCUT2D eigenvalue weighted by Crippen LogP contribution is -2.46. The van der Waals surface area contributed by atoms with Gasteiger partial charge in [0, 0.05) is 6.04 Å². The molecule has 1 saturated carbocycles. The normalized spacial score (nSPS) is 32.4. The molecule has 1 fully saturated rings. The summed E-state index contributed by atoms with van der Waals surface area (Å²) in [5, 5.41) is 3.23. The molecule has 2 unspecified atom stereocenters. The van der Waals surface area contributed by atoms with Gasteiger partial charge in [-0.1, -0.05) is 0 Å². The number of hydrogen-bond acceptors (Lipinski definition) is 2. The van der Waals surface area contributed by atoms with E-state index in [1.54, 1.807) is 0 Å². The van der Waals surface area contributed by atoms with E-state index in [2.05, 4.69) is 24.3 Å². The lowest BCUT2D eigenvalue weighted by molar-refractivity contribution is 0.107. The van der Waals surface area contributed by atoms with Gasteiger partial charge < -0.3 is 10.2 Å². The monoisotopic (exact) mass is 142 g/mol. The third-order valence-electron chi connectivity index (χ3n) is 2.51. The SMILES string of the molecule is CNCC1CCC1N(C)C. The minimum atomic E-state index is 0.840. The van der Waals surface area contributed by atoms with Crippen LogP contribution >= 0.6 is 0 Å². The highest BCUT2D eigenvalue weighted by atomic mass is 15.1. The van der Waals surface area contributed by atoms with E-state index < -0.39 is 0 Å². The Hall–Kier alpha value is -0.0800. The standard InChI is InChI=1S/C8H18N2/c1-9-6-7-4-5-8(7)10(2)3/h7-9H,4-6H2,1-3H3. The van der Waals surface area contributed by atoms with Crippen molar-refractivity contribution in [2.75, 3.05) is 27.7 Å². The number of hydrogen-bond donors (Lipinski definition) is 1. The zero-order valence-corrected chi connectivity index (χ0v) is 7.22. The van der Waals surface area contributed by atoms with Gasteiger partial charge in [0.05, 0.1) is 0 Å². The van der Waals surface area contributed by atoms with Gasteiger partial charge in [-0.3, -0.25) is 0 Å². The van der Waals surface area contributed by atoms with Gasteiger partial charge in [0.1, 0.15) is 0 Å². The van der Waals surface area contributed by atoms with Gasteiger partial charge in [0.2, 0.25) is 0 Å². The summed E-state index contributed by atoms with van der Waals surface area (Å²) >= 11 is 0. The molecular weight excluding hydrogens is 124 g/mol. The Kier molecular flexibility index (Phi) is 2.69. The van der Waals surface area contributed by atoms with Gasteiger partial charge in [-0.25, -0.2) is 0 Å². The van der Waals surface area contributed by atoms with Crippen LogP contribution in [0.25, 0.3) is 0 Å². The summed E-state index contributed by atoms with van der Waals surface area (Å²) in [4.78, 5) is 2.34. The van der Waals surface area contributed by atoms with Crippen molar-refractivity contribution < 1.29 is 0 Å². The highest BCUT2D eigenvalue weighted by Crippen LogP contribution is 2.29. The predicted octanol–water partition coefficient (Wildman–Crippen LogP) is 0.546. The van der Waals surface area contributed by atoms with E-state index in [-0.39, 0.29) is 0 Å². The molecule has 2 nitrogen and oxygen atoms in total. The van der Waals surface area contributed by atoms with Gasteiger partial charge in [0.15, 0.2) is 0 Å². The molecule has 2 heteroatoms. The number of nitrogens with zero attached hydrogens (tertiary/aromatic N) is 1. The van der Waals surface area contributed by atoms with E-state index in [0.717, 1.165) is 12.0 Å². The molecule has 0 radical (unpaired) electrons. The molecule has 2 atom stereocenters. The molecule has 1 aliphatic carbocycles. The van der Waals surface area contributed by atoms with Gasteiger partial charge in [0.25, 0.3) is 0 Å².